The Morgan fingerprint density at radius 1 is 1.05 bits per heavy atom. The Morgan fingerprint density at radius 2 is 1.68 bits per heavy atom. The van der Waals surface area contributed by atoms with Crippen molar-refractivity contribution in [1.29, 1.82) is 0 Å². The Balaban J connectivity index is 2.19. The van der Waals surface area contributed by atoms with Gasteiger partial charge in [0.1, 0.15) is 5.82 Å². The molecule has 0 aliphatic rings. The second kappa shape index (κ2) is 6.00. The quantitative estimate of drug-likeness (QED) is 0.764. The summed E-state index contributed by atoms with van der Waals surface area (Å²) in [6.07, 6.45) is 0. The Labute approximate surface area is 126 Å². The van der Waals surface area contributed by atoms with Crippen molar-refractivity contribution in [3.05, 3.63) is 62.3 Å². The largest absolute Gasteiger partial charge is 0.379 e. The lowest BCUT2D eigenvalue weighted by Gasteiger charge is -2.12. The predicted molar refractivity (Wildman–Crippen MR) is 79.9 cm³/mol. The van der Waals surface area contributed by atoms with Gasteiger partial charge in [-0.1, -0.05) is 40.9 Å². The molecule has 0 fully saturated rings. The summed E-state index contributed by atoms with van der Waals surface area (Å²) in [4.78, 5) is 0. The van der Waals surface area contributed by atoms with Crippen LogP contribution in [0.4, 0.5) is 10.1 Å². The lowest BCUT2D eigenvalue weighted by Crippen LogP contribution is -2.02. The molecule has 0 saturated carbocycles. The average molecular weight is 319 g/mol. The molecule has 19 heavy (non-hydrogen) atoms. The van der Waals surface area contributed by atoms with Crippen molar-refractivity contribution >= 4 is 40.5 Å². The van der Waals surface area contributed by atoms with Crippen molar-refractivity contribution < 1.29 is 4.39 Å². The van der Waals surface area contributed by atoms with E-state index in [1.54, 1.807) is 18.2 Å². The summed E-state index contributed by atoms with van der Waals surface area (Å²) in [5.74, 6) is -0.246. The summed E-state index contributed by atoms with van der Waals surface area (Å²) in [7, 11) is 0. The number of aryl methyl sites for hydroxylation is 1. The van der Waals surface area contributed by atoms with E-state index in [1.807, 2.05) is 6.92 Å². The van der Waals surface area contributed by atoms with Gasteiger partial charge in [-0.25, -0.2) is 4.39 Å². The van der Waals surface area contributed by atoms with Crippen LogP contribution < -0.4 is 5.32 Å². The van der Waals surface area contributed by atoms with E-state index >= 15 is 0 Å². The Bertz CT molecular complexity index is 591. The van der Waals surface area contributed by atoms with E-state index in [-0.39, 0.29) is 5.82 Å². The highest BCUT2D eigenvalue weighted by atomic mass is 35.5. The van der Waals surface area contributed by atoms with Crippen LogP contribution in [0.25, 0.3) is 0 Å². The fraction of sp³-hybridized carbons (Fsp3) is 0.143. The Morgan fingerprint density at radius 3 is 2.26 bits per heavy atom. The number of anilines is 1. The highest BCUT2D eigenvalue weighted by Gasteiger charge is 2.08. The third kappa shape index (κ3) is 3.53. The van der Waals surface area contributed by atoms with Crippen LogP contribution in [0, 0.1) is 12.7 Å². The number of nitrogens with one attached hydrogen (secondary N) is 1. The summed E-state index contributed by atoms with van der Waals surface area (Å²) in [5, 5.41) is 4.54. The summed E-state index contributed by atoms with van der Waals surface area (Å²) in [6, 6.07) is 7.89. The van der Waals surface area contributed by atoms with Gasteiger partial charge in [-0.2, -0.15) is 0 Å². The van der Waals surface area contributed by atoms with E-state index < -0.39 is 0 Å². The second-order valence-corrected chi connectivity index (χ2v) is 5.42. The number of halogens is 4. The third-order valence-corrected chi connectivity index (χ3v) is 3.58. The molecule has 0 atom stereocenters. The van der Waals surface area contributed by atoms with Gasteiger partial charge in [0, 0.05) is 11.6 Å². The molecule has 100 valence electrons. The van der Waals surface area contributed by atoms with Crippen LogP contribution in [-0.4, -0.2) is 0 Å². The molecule has 0 aliphatic carbocycles. The van der Waals surface area contributed by atoms with Crippen LogP contribution in [0.15, 0.2) is 30.3 Å². The summed E-state index contributed by atoms with van der Waals surface area (Å²) in [5.41, 5.74) is 2.47. The lowest BCUT2D eigenvalue weighted by molar-refractivity contribution is 0.625. The summed E-state index contributed by atoms with van der Waals surface area (Å²) < 4.78 is 13.0. The van der Waals surface area contributed by atoms with Gasteiger partial charge in [-0.15, -0.1) is 0 Å². The maximum absolute atomic E-state index is 13.0. The number of rotatable bonds is 3. The molecule has 0 radical (unpaired) electrons. The molecule has 2 aromatic rings. The molecule has 0 aliphatic heterocycles. The topological polar surface area (TPSA) is 12.0 Å². The molecule has 0 spiro atoms. The molecule has 0 aromatic heterocycles. The predicted octanol–water partition coefficient (Wildman–Crippen LogP) is 5.71. The molecule has 0 heterocycles. The van der Waals surface area contributed by atoms with Gasteiger partial charge in [0.25, 0.3) is 0 Å². The van der Waals surface area contributed by atoms with Gasteiger partial charge in [0.15, 0.2) is 0 Å². The number of hydrogen-bond acceptors (Lipinski definition) is 1. The Hall–Kier alpha value is -0.960. The van der Waals surface area contributed by atoms with Crippen molar-refractivity contribution in [1.82, 2.24) is 0 Å². The van der Waals surface area contributed by atoms with Gasteiger partial charge in [0.05, 0.1) is 15.7 Å². The molecular formula is C14H11Cl3FN. The second-order valence-electron chi connectivity index (χ2n) is 4.17. The van der Waals surface area contributed by atoms with Crippen molar-refractivity contribution in [3.8, 4) is 0 Å². The lowest BCUT2D eigenvalue weighted by atomic mass is 10.1. The summed E-state index contributed by atoms with van der Waals surface area (Å²) in [6.45, 7) is 2.36. The maximum Gasteiger partial charge on any atom is 0.123 e. The van der Waals surface area contributed by atoms with Gasteiger partial charge in [-0.05, 0) is 42.3 Å². The fourth-order valence-electron chi connectivity index (χ4n) is 1.75. The van der Waals surface area contributed by atoms with E-state index in [0.29, 0.717) is 27.3 Å². The minimum Gasteiger partial charge on any atom is -0.379 e. The normalized spacial score (nSPS) is 10.6. The molecular weight excluding hydrogens is 308 g/mol. The van der Waals surface area contributed by atoms with Gasteiger partial charge in [-0.3, -0.25) is 0 Å². The van der Waals surface area contributed by atoms with Crippen molar-refractivity contribution in [2.24, 2.45) is 0 Å². The number of hydrogen-bond donors (Lipinski definition) is 1. The van der Waals surface area contributed by atoms with Crippen LogP contribution in [0.2, 0.25) is 15.1 Å². The zero-order chi connectivity index (χ0) is 14.0. The molecule has 0 bridgehead atoms. The molecule has 1 N–H and O–H groups in total. The highest BCUT2D eigenvalue weighted by molar-refractivity contribution is 6.41. The fourth-order valence-corrected chi connectivity index (χ4v) is 2.70. The van der Waals surface area contributed by atoms with Crippen LogP contribution in [0.5, 0.6) is 0 Å². The van der Waals surface area contributed by atoms with E-state index in [2.05, 4.69) is 5.32 Å². The van der Waals surface area contributed by atoms with E-state index in [4.69, 9.17) is 34.8 Å². The van der Waals surface area contributed by atoms with Gasteiger partial charge >= 0.3 is 0 Å². The van der Waals surface area contributed by atoms with Gasteiger partial charge in [0.2, 0.25) is 0 Å². The Kier molecular flexibility index (Phi) is 4.56. The van der Waals surface area contributed by atoms with Crippen LogP contribution in [0.1, 0.15) is 11.1 Å². The molecule has 2 rings (SSSR count). The van der Waals surface area contributed by atoms with E-state index in [0.717, 1.165) is 11.1 Å². The molecule has 0 saturated heterocycles. The average Bonchev–Trinajstić information content (AvgIpc) is 2.30. The van der Waals surface area contributed by atoms with Crippen molar-refractivity contribution in [2.45, 2.75) is 13.5 Å². The van der Waals surface area contributed by atoms with Gasteiger partial charge < -0.3 is 5.32 Å². The van der Waals surface area contributed by atoms with Crippen LogP contribution >= 0.6 is 34.8 Å². The van der Waals surface area contributed by atoms with Crippen molar-refractivity contribution in [2.75, 3.05) is 5.32 Å². The first-order valence-corrected chi connectivity index (χ1v) is 6.74. The SMILES string of the molecule is Cc1cc(F)ccc1CNc1c(Cl)cc(Cl)cc1Cl. The first-order valence-electron chi connectivity index (χ1n) is 5.61. The first kappa shape index (κ1) is 14.4. The zero-order valence-electron chi connectivity index (χ0n) is 10.1. The minimum atomic E-state index is -0.246. The van der Waals surface area contributed by atoms with Crippen LogP contribution in [0.3, 0.4) is 0 Å². The monoisotopic (exact) mass is 317 g/mol. The van der Waals surface area contributed by atoms with Crippen LogP contribution in [-0.2, 0) is 6.54 Å². The first-order chi connectivity index (χ1) is 8.97. The highest BCUT2D eigenvalue weighted by Crippen LogP contribution is 2.34. The third-order valence-electron chi connectivity index (χ3n) is 2.77. The molecule has 1 nitrogen and oxygen atoms in total. The molecule has 5 heteroatoms. The number of benzene rings is 2. The maximum atomic E-state index is 13.0. The summed E-state index contributed by atoms with van der Waals surface area (Å²) >= 11 is 18.0. The zero-order valence-corrected chi connectivity index (χ0v) is 12.4. The van der Waals surface area contributed by atoms with E-state index in [1.165, 1.54) is 12.1 Å². The minimum absolute atomic E-state index is 0.246. The molecule has 0 amide bonds. The van der Waals surface area contributed by atoms with E-state index in [9.17, 15) is 4.39 Å². The standard InChI is InChI=1S/C14H11Cl3FN/c1-8-4-11(18)3-2-9(8)7-19-14-12(16)5-10(15)6-13(14)17/h2-6,19H,7H2,1H3. The molecule has 0 unspecified atom stereocenters. The van der Waals surface area contributed by atoms with Crippen molar-refractivity contribution in [3.63, 3.8) is 0 Å². The molecule has 2 aromatic carbocycles. The smallest absolute Gasteiger partial charge is 0.123 e.